The molecule has 8 heteroatoms. The van der Waals surface area contributed by atoms with E-state index in [9.17, 15) is 4.79 Å². The molecule has 2 aromatic heterocycles. The van der Waals surface area contributed by atoms with Crippen LogP contribution in [-0.4, -0.2) is 26.1 Å². The van der Waals surface area contributed by atoms with Crippen LogP contribution in [0.25, 0.3) is 0 Å². The zero-order valence-corrected chi connectivity index (χ0v) is 11.5. The van der Waals surface area contributed by atoms with Crippen molar-refractivity contribution in [2.24, 2.45) is 0 Å². The first-order valence-corrected chi connectivity index (χ1v) is 6.58. The van der Waals surface area contributed by atoms with E-state index >= 15 is 0 Å². The van der Waals surface area contributed by atoms with Crippen LogP contribution in [0.15, 0.2) is 6.07 Å². The number of aromatic nitrogens is 4. The lowest BCUT2D eigenvalue weighted by Gasteiger charge is -2.03. The fraction of sp³-hybridized carbons (Fsp3) is 0.333. The molecule has 0 aromatic carbocycles. The number of carbonyl (C=O) groups excluding carboxylic acids is 1. The highest BCUT2D eigenvalue weighted by atomic mass is 35.5. The van der Waals surface area contributed by atoms with Gasteiger partial charge < -0.3 is 5.73 Å². The average Bonchev–Trinajstić information content (AvgIpc) is 3.11. The summed E-state index contributed by atoms with van der Waals surface area (Å²) in [7, 11) is 0. The molecular formula is C12H13ClN6O. The lowest BCUT2D eigenvalue weighted by atomic mass is 10.2. The number of nitrogens with zero attached hydrogens (tertiary/aromatic N) is 3. The monoisotopic (exact) mass is 292 g/mol. The molecule has 2 aromatic rings. The second kappa shape index (κ2) is 4.75. The maximum absolute atomic E-state index is 12.1. The lowest BCUT2D eigenvalue weighted by molar-refractivity contribution is 0.102. The van der Waals surface area contributed by atoms with Gasteiger partial charge in [-0.15, -0.1) is 0 Å². The summed E-state index contributed by atoms with van der Waals surface area (Å²) in [6, 6.07) is 1.60. The predicted molar refractivity (Wildman–Crippen MR) is 74.7 cm³/mol. The first-order valence-electron chi connectivity index (χ1n) is 6.21. The van der Waals surface area contributed by atoms with Crippen molar-refractivity contribution < 1.29 is 4.79 Å². The van der Waals surface area contributed by atoms with E-state index in [0.717, 1.165) is 18.5 Å². The molecule has 1 amide bonds. The van der Waals surface area contributed by atoms with Gasteiger partial charge in [0.2, 0.25) is 5.95 Å². The number of H-pyrrole nitrogens is 1. The third-order valence-corrected chi connectivity index (χ3v) is 3.28. The Bertz CT molecular complexity index is 658. The SMILES string of the molecule is Cc1cc(Cl)nc(NC(=O)c2n[nH]c(C3CC3)c2N)n1. The van der Waals surface area contributed by atoms with Crippen molar-refractivity contribution in [3.8, 4) is 0 Å². The summed E-state index contributed by atoms with van der Waals surface area (Å²) in [5.74, 6) is 0.0800. The van der Waals surface area contributed by atoms with E-state index in [4.69, 9.17) is 17.3 Å². The Kier molecular flexibility index (Phi) is 3.06. The maximum Gasteiger partial charge on any atom is 0.280 e. The lowest BCUT2D eigenvalue weighted by Crippen LogP contribution is -2.16. The van der Waals surface area contributed by atoms with Gasteiger partial charge in [0.05, 0.1) is 11.4 Å². The summed E-state index contributed by atoms with van der Waals surface area (Å²) >= 11 is 5.82. The van der Waals surface area contributed by atoms with Crippen molar-refractivity contribution in [1.82, 2.24) is 20.2 Å². The van der Waals surface area contributed by atoms with Gasteiger partial charge in [0.15, 0.2) is 5.69 Å². The van der Waals surface area contributed by atoms with Crippen LogP contribution in [0.4, 0.5) is 11.6 Å². The van der Waals surface area contributed by atoms with Crippen LogP contribution >= 0.6 is 11.6 Å². The number of carbonyl (C=O) groups is 1. The average molecular weight is 293 g/mol. The van der Waals surface area contributed by atoms with Crippen LogP contribution < -0.4 is 11.1 Å². The van der Waals surface area contributed by atoms with E-state index in [1.54, 1.807) is 13.0 Å². The van der Waals surface area contributed by atoms with Crippen LogP contribution in [0.1, 0.15) is 40.6 Å². The van der Waals surface area contributed by atoms with Crippen LogP contribution in [0, 0.1) is 6.92 Å². The van der Waals surface area contributed by atoms with Crippen molar-refractivity contribution in [2.75, 3.05) is 11.1 Å². The number of aryl methyl sites for hydroxylation is 1. The molecule has 0 atom stereocenters. The summed E-state index contributed by atoms with van der Waals surface area (Å²) in [6.45, 7) is 1.76. The predicted octanol–water partition coefficient (Wildman–Crippen LogP) is 1.87. The van der Waals surface area contributed by atoms with Gasteiger partial charge in [-0.2, -0.15) is 5.10 Å². The Hall–Kier alpha value is -2.15. The quantitative estimate of drug-likeness (QED) is 0.748. The first kappa shape index (κ1) is 12.9. The highest BCUT2D eigenvalue weighted by molar-refractivity contribution is 6.29. The maximum atomic E-state index is 12.1. The number of halogens is 1. The van der Waals surface area contributed by atoms with Gasteiger partial charge in [0, 0.05) is 11.6 Å². The summed E-state index contributed by atoms with van der Waals surface area (Å²) in [5.41, 5.74) is 7.98. The second-order valence-corrected chi connectivity index (χ2v) is 5.17. The number of nitrogen functional groups attached to an aromatic ring is 1. The Morgan fingerprint density at radius 2 is 2.25 bits per heavy atom. The summed E-state index contributed by atoms with van der Waals surface area (Å²) in [4.78, 5) is 20.1. The van der Waals surface area contributed by atoms with Gasteiger partial charge in [-0.25, -0.2) is 9.97 Å². The molecular weight excluding hydrogens is 280 g/mol. The summed E-state index contributed by atoms with van der Waals surface area (Å²) in [6.07, 6.45) is 2.15. The largest absolute Gasteiger partial charge is 0.395 e. The zero-order valence-electron chi connectivity index (χ0n) is 10.8. The molecule has 0 spiro atoms. The third-order valence-electron chi connectivity index (χ3n) is 3.08. The smallest absolute Gasteiger partial charge is 0.280 e. The highest BCUT2D eigenvalue weighted by Crippen LogP contribution is 2.42. The van der Waals surface area contributed by atoms with E-state index in [0.29, 0.717) is 17.3 Å². The molecule has 2 heterocycles. The minimum atomic E-state index is -0.452. The standard InChI is InChI=1S/C12H13ClN6O/c1-5-4-7(13)16-12(15-5)17-11(20)10-8(14)9(18-19-10)6-2-3-6/h4,6H,2-3,14H2,1H3,(H,18,19)(H,15,16,17,20). The number of nitrogens with two attached hydrogens (primary N) is 1. The highest BCUT2D eigenvalue weighted by Gasteiger charge is 2.30. The van der Waals surface area contributed by atoms with Crippen molar-refractivity contribution in [2.45, 2.75) is 25.7 Å². The normalized spacial score (nSPS) is 14.3. The van der Waals surface area contributed by atoms with Gasteiger partial charge in [-0.1, -0.05) is 11.6 Å². The summed E-state index contributed by atoms with van der Waals surface area (Å²) < 4.78 is 0. The Labute approximate surface area is 119 Å². The van der Waals surface area contributed by atoms with Crippen LogP contribution in [0.3, 0.4) is 0 Å². The number of amides is 1. The Balaban J connectivity index is 1.82. The van der Waals surface area contributed by atoms with Crippen LogP contribution in [0.2, 0.25) is 5.15 Å². The van der Waals surface area contributed by atoms with Crippen molar-refractivity contribution >= 4 is 29.1 Å². The molecule has 104 valence electrons. The van der Waals surface area contributed by atoms with Crippen LogP contribution in [-0.2, 0) is 0 Å². The molecule has 1 aliphatic rings. The van der Waals surface area contributed by atoms with E-state index in [1.165, 1.54) is 0 Å². The fourth-order valence-electron chi connectivity index (χ4n) is 1.97. The van der Waals surface area contributed by atoms with Gasteiger partial charge in [0.1, 0.15) is 5.15 Å². The minimum Gasteiger partial charge on any atom is -0.395 e. The molecule has 0 unspecified atom stereocenters. The molecule has 7 nitrogen and oxygen atoms in total. The van der Waals surface area contributed by atoms with Gasteiger partial charge >= 0.3 is 0 Å². The Morgan fingerprint density at radius 3 is 2.90 bits per heavy atom. The molecule has 0 aliphatic heterocycles. The van der Waals surface area contributed by atoms with E-state index in [2.05, 4.69) is 25.5 Å². The van der Waals surface area contributed by atoms with E-state index in [-0.39, 0.29) is 16.8 Å². The first-order chi connectivity index (χ1) is 9.54. The molecule has 0 saturated heterocycles. The number of nitrogens with one attached hydrogen (secondary N) is 2. The van der Waals surface area contributed by atoms with Gasteiger partial charge in [-0.05, 0) is 25.8 Å². The van der Waals surface area contributed by atoms with Crippen molar-refractivity contribution in [1.29, 1.82) is 0 Å². The number of aromatic amines is 1. The molecule has 1 saturated carbocycles. The second-order valence-electron chi connectivity index (χ2n) is 4.78. The topological polar surface area (TPSA) is 110 Å². The molecule has 1 aliphatic carbocycles. The minimum absolute atomic E-state index is 0.135. The van der Waals surface area contributed by atoms with Crippen molar-refractivity contribution in [3.63, 3.8) is 0 Å². The van der Waals surface area contributed by atoms with Crippen LogP contribution in [0.5, 0.6) is 0 Å². The zero-order chi connectivity index (χ0) is 14.3. The molecule has 4 N–H and O–H groups in total. The Morgan fingerprint density at radius 1 is 1.50 bits per heavy atom. The van der Waals surface area contributed by atoms with E-state index in [1.807, 2.05) is 0 Å². The van der Waals surface area contributed by atoms with Gasteiger partial charge in [0.25, 0.3) is 5.91 Å². The molecule has 0 radical (unpaired) electrons. The number of anilines is 2. The molecule has 1 fully saturated rings. The van der Waals surface area contributed by atoms with E-state index < -0.39 is 5.91 Å². The molecule has 3 rings (SSSR count). The molecule has 0 bridgehead atoms. The van der Waals surface area contributed by atoms with Gasteiger partial charge in [-0.3, -0.25) is 15.2 Å². The third kappa shape index (κ3) is 2.44. The number of rotatable bonds is 3. The van der Waals surface area contributed by atoms with Crippen molar-refractivity contribution in [3.05, 3.63) is 28.3 Å². The fourth-order valence-corrected chi connectivity index (χ4v) is 2.21. The number of hydrogen-bond acceptors (Lipinski definition) is 5. The molecule has 20 heavy (non-hydrogen) atoms. The number of hydrogen-bond donors (Lipinski definition) is 3. The summed E-state index contributed by atoms with van der Waals surface area (Å²) in [5, 5.41) is 9.60.